The third-order valence-electron chi connectivity index (χ3n) is 2.45. The van der Waals surface area contributed by atoms with Gasteiger partial charge in [0.15, 0.2) is 0 Å². The lowest BCUT2D eigenvalue weighted by Crippen LogP contribution is -2.38. The fourth-order valence-electron chi connectivity index (χ4n) is 1.60. The molecule has 1 atom stereocenters. The molecule has 0 spiro atoms. The molecule has 1 N–H and O–H groups in total. The second-order valence-electron chi connectivity index (χ2n) is 3.42. The maximum atomic E-state index is 11.0. The average Bonchev–Trinajstić information content (AvgIpc) is 2.48. The van der Waals surface area contributed by atoms with E-state index in [1.54, 1.807) is 0 Å². The minimum atomic E-state index is -0.164. The summed E-state index contributed by atoms with van der Waals surface area (Å²) in [5.41, 5.74) is 0. The van der Waals surface area contributed by atoms with E-state index in [0.717, 1.165) is 13.0 Å². The van der Waals surface area contributed by atoms with Gasteiger partial charge in [-0.3, -0.25) is 4.79 Å². The van der Waals surface area contributed by atoms with Gasteiger partial charge in [-0.15, -0.1) is 0 Å². The SMILES string of the molecule is CN1CCC[C@H]1CNC(=O)CC#N. The molecule has 0 aromatic rings. The first-order chi connectivity index (χ1) is 6.24. The number of amides is 1. The largest absolute Gasteiger partial charge is 0.354 e. The van der Waals surface area contributed by atoms with E-state index in [0.29, 0.717) is 12.6 Å². The Bertz CT molecular complexity index is 221. The molecule has 4 nitrogen and oxygen atoms in total. The molecule has 1 heterocycles. The fraction of sp³-hybridized carbons (Fsp3) is 0.778. The Kier molecular flexibility index (Phi) is 3.71. The van der Waals surface area contributed by atoms with Crippen LogP contribution < -0.4 is 5.32 Å². The van der Waals surface area contributed by atoms with Gasteiger partial charge < -0.3 is 10.2 Å². The highest BCUT2D eigenvalue weighted by Gasteiger charge is 2.20. The number of hydrogen-bond donors (Lipinski definition) is 1. The van der Waals surface area contributed by atoms with Crippen molar-refractivity contribution < 1.29 is 4.79 Å². The molecule has 1 aliphatic rings. The van der Waals surface area contributed by atoms with E-state index >= 15 is 0 Å². The molecular weight excluding hydrogens is 166 g/mol. The Morgan fingerprint density at radius 2 is 2.54 bits per heavy atom. The molecule has 1 aliphatic heterocycles. The second kappa shape index (κ2) is 4.83. The molecule has 0 unspecified atom stereocenters. The summed E-state index contributed by atoms with van der Waals surface area (Å²) in [5.74, 6) is -0.164. The van der Waals surface area contributed by atoms with E-state index in [4.69, 9.17) is 5.26 Å². The quantitative estimate of drug-likeness (QED) is 0.672. The summed E-state index contributed by atoms with van der Waals surface area (Å²) in [7, 11) is 2.06. The summed E-state index contributed by atoms with van der Waals surface area (Å²) >= 11 is 0. The van der Waals surface area contributed by atoms with Crippen molar-refractivity contribution >= 4 is 5.91 Å². The molecule has 72 valence electrons. The monoisotopic (exact) mass is 181 g/mol. The highest BCUT2D eigenvalue weighted by molar-refractivity contribution is 5.77. The highest BCUT2D eigenvalue weighted by atomic mass is 16.1. The predicted molar refractivity (Wildman–Crippen MR) is 48.9 cm³/mol. The third-order valence-corrected chi connectivity index (χ3v) is 2.45. The number of nitrogens with one attached hydrogen (secondary N) is 1. The van der Waals surface area contributed by atoms with Crippen LogP contribution in [0.15, 0.2) is 0 Å². The molecule has 0 radical (unpaired) electrons. The van der Waals surface area contributed by atoms with Crippen molar-refractivity contribution in [3.63, 3.8) is 0 Å². The Morgan fingerprint density at radius 1 is 1.77 bits per heavy atom. The molecule has 4 heteroatoms. The standard InChI is InChI=1S/C9H15N3O/c1-12-6-2-3-8(12)7-11-9(13)4-5-10/h8H,2-4,6-7H2,1H3,(H,11,13)/t8-/m0/s1. The summed E-state index contributed by atoms with van der Waals surface area (Å²) in [5, 5.41) is 11.0. The van der Waals surface area contributed by atoms with Crippen LogP contribution in [0.2, 0.25) is 0 Å². The molecule has 0 aromatic heterocycles. The van der Waals surface area contributed by atoms with Gasteiger partial charge in [-0.25, -0.2) is 0 Å². The van der Waals surface area contributed by atoms with Gasteiger partial charge >= 0.3 is 0 Å². The summed E-state index contributed by atoms with van der Waals surface area (Å²) in [6.45, 7) is 1.79. The number of nitriles is 1. The van der Waals surface area contributed by atoms with Gasteiger partial charge in [-0.05, 0) is 26.4 Å². The zero-order valence-electron chi connectivity index (χ0n) is 7.92. The number of carbonyl (C=O) groups excluding carboxylic acids is 1. The zero-order valence-corrected chi connectivity index (χ0v) is 7.92. The molecule has 1 saturated heterocycles. The highest BCUT2D eigenvalue weighted by Crippen LogP contribution is 2.13. The maximum absolute atomic E-state index is 11.0. The van der Waals surface area contributed by atoms with Crippen LogP contribution in [0.25, 0.3) is 0 Å². The number of carbonyl (C=O) groups is 1. The van der Waals surface area contributed by atoms with Crippen LogP contribution >= 0.6 is 0 Å². The van der Waals surface area contributed by atoms with Crippen LogP contribution in [0.5, 0.6) is 0 Å². The van der Waals surface area contributed by atoms with Crippen molar-refractivity contribution in [2.75, 3.05) is 20.1 Å². The Labute approximate surface area is 78.5 Å². The van der Waals surface area contributed by atoms with Crippen molar-refractivity contribution in [1.82, 2.24) is 10.2 Å². The molecule has 1 amide bonds. The number of nitrogens with zero attached hydrogens (tertiary/aromatic N) is 2. The van der Waals surface area contributed by atoms with Crippen molar-refractivity contribution in [2.24, 2.45) is 0 Å². The smallest absolute Gasteiger partial charge is 0.234 e. The van der Waals surface area contributed by atoms with Crippen LogP contribution in [0.4, 0.5) is 0 Å². The summed E-state index contributed by atoms with van der Waals surface area (Å²) in [6.07, 6.45) is 2.31. The minimum absolute atomic E-state index is 0.0313. The average molecular weight is 181 g/mol. The Balaban J connectivity index is 2.19. The zero-order chi connectivity index (χ0) is 9.68. The van der Waals surface area contributed by atoms with Gasteiger partial charge in [0.25, 0.3) is 0 Å². The topological polar surface area (TPSA) is 56.1 Å². The number of likely N-dealkylation sites (tertiary alicyclic amines) is 1. The molecule has 0 aromatic carbocycles. The van der Waals surface area contributed by atoms with Crippen LogP contribution in [-0.4, -0.2) is 37.0 Å². The van der Waals surface area contributed by atoms with E-state index < -0.39 is 0 Å². The van der Waals surface area contributed by atoms with Gasteiger partial charge in [-0.2, -0.15) is 5.26 Å². The van der Waals surface area contributed by atoms with E-state index in [-0.39, 0.29) is 12.3 Å². The van der Waals surface area contributed by atoms with E-state index in [1.807, 2.05) is 6.07 Å². The second-order valence-corrected chi connectivity index (χ2v) is 3.42. The first-order valence-corrected chi connectivity index (χ1v) is 4.58. The number of rotatable bonds is 3. The van der Waals surface area contributed by atoms with Crippen LogP contribution in [0.3, 0.4) is 0 Å². The Hall–Kier alpha value is -1.08. The van der Waals surface area contributed by atoms with Crippen molar-refractivity contribution in [2.45, 2.75) is 25.3 Å². The first kappa shape index (κ1) is 10.0. The van der Waals surface area contributed by atoms with Gasteiger partial charge in [0.2, 0.25) is 5.91 Å². The lowest BCUT2D eigenvalue weighted by Gasteiger charge is -2.19. The Morgan fingerprint density at radius 3 is 3.08 bits per heavy atom. The van der Waals surface area contributed by atoms with Gasteiger partial charge in [-0.1, -0.05) is 0 Å². The van der Waals surface area contributed by atoms with Crippen molar-refractivity contribution in [1.29, 1.82) is 5.26 Å². The number of likely N-dealkylation sites (N-methyl/N-ethyl adjacent to an activating group) is 1. The molecule has 0 bridgehead atoms. The number of hydrogen-bond acceptors (Lipinski definition) is 3. The molecule has 13 heavy (non-hydrogen) atoms. The molecule has 1 fully saturated rings. The lowest BCUT2D eigenvalue weighted by atomic mass is 10.2. The molecule has 0 aliphatic carbocycles. The van der Waals surface area contributed by atoms with Gasteiger partial charge in [0.05, 0.1) is 6.07 Å². The maximum Gasteiger partial charge on any atom is 0.234 e. The van der Waals surface area contributed by atoms with E-state index in [2.05, 4.69) is 17.3 Å². The summed E-state index contributed by atoms with van der Waals surface area (Å²) < 4.78 is 0. The van der Waals surface area contributed by atoms with Crippen LogP contribution in [0, 0.1) is 11.3 Å². The van der Waals surface area contributed by atoms with Gasteiger partial charge in [0, 0.05) is 12.6 Å². The third kappa shape index (κ3) is 3.03. The van der Waals surface area contributed by atoms with Crippen molar-refractivity contribution in [3.05, 3.63) is 0 Å². The summed E-state index contributed by atoms with van der Waals surface area (Å²) in [4.78, 5) is 13.2. The van der Waals surface area contributed by atoms with Crippen LogP contribution in [-0.2, 0) is 4.79 Å². The van der Waals surface area contributed by atoms with Gasteiger partial charge in [0.1, 0.15) is 6.42 Å². The minimum Gasteiger partial charge on any atom is -0.354 e. The lowest BCUT2D eigenvalue weighted by molar-refractivity contribution is -0.120. The molecule has 1 rings (SSSR count). The van der Waals surface area contributed by atoms with Crippen molar-refractivity contribution in [3.8, 4) is 6.07 Å². The normalized spacial score (nSPS) is 22.6. The molecule has 0 saturated carbocycles. The first-order valence-electron chi connectivity index (χ1n) is 4.58. The molecular formula is C9H15N3O. The van der Waals surface area contributed by atoms with E-state index in [1.165, 1.54) is 6.42 Å². The predicted octanol–water partition coefficient (Wildman–Crippen LogP) is 0.110. The summed E-state index contributed by atoms with van der Waals surface area (Å²) in [6, 6.07) is 2.29. The van der Waals surface area contributed by atoms with E-state index in [9.17, 15) is 4.79 Å². The van der Waals surface area contributed by atoms with Crippen LogP contribution in [0.1, 0.15) is 19.3 Å². The fourth-order valence-corrected chi connectivity index (χ4v) is 1.60.